The van der Waals surface area contributed by atoms with E-state index in [1.165, 1.54) is 83.5 Å². The number of benzene rings is 9. The average Bonchev–Trinajstić information content (AvgIpc) is 3.74. The van der Waals surface area contributed by atoms with E-state index in [4.69, 9.17) is 0 Å². The van der Waals surface area contributed by atoms with Crippen LogP contribution in [0.2, 0.25) is 0 Å². The lowest BCUT2D eigenvalue weighted by atomic mass is 9.67. The van der Waals surface area contributed by atoms with Gasteiger partial charge in [-0.25, -0.2) is 0 Å². The second kappa shape index (κ2) is 14.7. The maximum Gasteiger partial charge on any atom is 0.0714 e. The van der Waals surface area contributed by atoms with E-state index in [0.29, 0.717) is 0 Å². The molecule has 9 aromatic rings. The molecule has 304 valence electrons. The quantitative estimate of drug-likeness (QED) is 0.155. The number of nitrogens with zero attached hydrogens (tertiary/aromatic N) is 1. The molecule has 0 bridgehead atoms. The van der Waals surface area contributed by atoms with Crippen LogP contribution < -0.4 is 4.90 Å². The van der Waals surface area contributed by atoms with Crippen LogP contribution in [0.25, 0.3) is 44.5 Å². The number of para-hydroxylation sites is 1. The van der Waals surface area contributed by atoms with E-state index in [1.54, 1.807) is 0 Å². The number of hydrogen-bond acceptors (Lipinski definition) is 1. The third-order valence-electron chi connectivity index (χ3n) is 13.9. The maximum absolute atomic E-state index is 2.51. The van der Waals surface area contributed by atoms with Gasteiger partial charge in [0.15, 0.2) is 0 Å². The van der Waals surface area contributed by atoms with Gasteiger partial charge in [-0.1, -0.05) is 217 Å². The van der Waals surface area contributed by atoms with Crippen molar-refractivity contribution in [1.29, 1.82) is 0 Å². The Morgan fingerprint density at radius 1 is 0.349 bits per heavy atom. The minimum Gasteiger partial charge on any atom is -0.310 e. The van der Waals surface area contributed by atoms with Crippen molar-refractivity contribution in [3.8, 4) is 44.5 Å². The van der Waals surface area contributed by atoms with Crippen LogP contribution in [-0.2, 0) is 16.2 Å². The monoisotopic (exact) mass is 809 g/mol. The average molecular weight is 810 g/mol. The Kier molecular flexibility index (Phi) is 9.03. The number of rotatable bonds is 7. The minimum absolute atomic E-state index is 0.0854. The molecule has 0 radical (unpaired) electrons. The van der Waals surface area contributed by atoms with Crippen molar-refractivity contribution in [2.45, 2.75) is 50.9 Å². The summed E-state index contributed by atoms with van der Waals surface area (Å²) >= 11 is 0. The maximum atomic E-state index is 2.51. The molecule has 0 aliphatic heterocycles. The lowest BCUT2D eigenvalue weighted by Gasteiger charge is -2.35. The topological polar surface area (TPSA) is 3.24 Å². The minimum atomic E-state index is -0.587. The highest BCUT2D eigenvalue weighted by Crippen LogP contribution is 2.59. The van der Waals surface area contributed by atoms with Crippen LogP contribution in [-0.4, -0.2) is 0 Å². The third kappa shape index (κ3) is 6.13. The smallest absolute Gasteiger partial charge is 0.0714 e. The number of hydrogen-bond donors (Lipinski definition) is 0. The molecule has 0 heterocycles. The van der Waals surface area contributed by atoms with E-state index in [1.807, 2.05) is 0 Å². The van der Waals surface area contributed by atoms with Crippen molar-refractivity contribution in [3.05, 3.63) is 257 Å². The highest BCUT2D eigenvalue weighted by molar-refractivity contribution is 5.94. The predicted octanol–water partition coefficient (Wildman–Crippen LogP) is 16.5. The fourth-order valence-electron chi connectivity index (χ4n) is 10.7. The molecule has 1 heteroatoms. The molecule has 2 aliphatic rings. The Bertz CT molecular complexity index is 3110. The molecule has 0 N–H and O–H groups in total. The summed E-state index contributed by atoms with van der Waals surface area (Å²) in [5, 5.41) is 0. The van der Waals surface area contributed by atoms with Gasteiger partial charge in [-0.15, -0.1) is 0 Å². The van der Waals surface area contributed by atoms with E-state index >= 15 is 0 Å². The molecule has 0 unspecified atom stereocenters. The lowest BCUT2D eigenvalue weighted by Crippen LogP contribution is -2.29. The Hall–Kier alpha value is -7.22. The molecule has 63 heavy (non-hydrogen) atoms. The van der Waals surface area contributed by atoms with Gasteiger partial charge < -0.3 is 4.90 Å². The predicted molar refractivity (Wildman–Crippen MR) is 266 cm³/mol. The van der Waals surface area contributed by atoms with E-state index < -0.39 is 5.41 Å². The van der Waals surface area contributed by atoms with Gasteiger partial charge in [0.1, 0.15) is 0 Å². The van der Waals surface area contributed by atoms with Gasteiger partial charge in [0, 0.05) is 22.4 Å². The first-order valence-electron chi connectivity index (χ1n) is 22.3. The summed E-state index contributed by atoms with van der Waals surface area (Å²) in [5.74, 6) is 0. The fourth-order valence-corrected chi connectivity index (χ4v) is 10.7. The first-order chi connectivity index (χ1) is 30.6. The van der Waals surface area contributed by atoms with E-state index in [-0.39, 0.29) is 10.8 Å². The fraction of sp³-hybridized carbons (Fsp3) is 0.129. The summed E-state index contributed by atoms with van der Waals surface area (Å²) in [6, 6.07) is 81.8. The van der Waals surface area contributed by atoms with Crippen LogP contribution in [0.5, 0.6) is 0 Å². The molecule has 2 aliphatic carbocycles. The molecular weight excluding hydrogens is 759 g/mol. The summed E-state index contributed by atoms with van der Waals surface area (Å²) < 4.78 is 0. The van der Waals surface area contributed by atoms with Crippen molar-refractivity contribution in [3.63, 3.8) is 0 Å². The summed E-state index contributed by atoms with van der Waals surface area (Å²) in [6.07, 6.45) is 0. The van der Waals surface area contributed by atoms with Gasteiger partial charge in [0.05, 0.1) is 11.1 Å². The van der Waals surface area contributed by atoms with E-state index in [2.05, 4.69) is 258 Å². The summed E-state index contributed by atoms with van der Waals surface area (Å²) in [5.41, 5.74) is 21.9. The van der Waals surface area contributed by atoms with Crippen LogP contribution in [0.3, 0.4) is 0 Å². The zero-order valence-corrected chi connectivity index (χ0v) is 36.7. The molecule has 11 rings (SSSR count). The zero-order valence-electron chi connectivity index (χ0n) is 36.7. The summed E-state index contributed by atoms with van der Waals surface area (Å²) in [6.45, 7) is 11.6. The van der Waals surface area contributed by atoms with Crippen molar-refractivity contribution in [1.82, 2.24) is 0 Å². The van der Waals surface area contributed by atoms with E-state index in [9.17, 15) is 0 Å². The van der Waals surface area contributed by atoms with Crippen molar-refractivity contribution >= 4 is 17.1 Å². The molecule has 1 nitrogen and oxygen atoms in total. The normalized spacial score (nSPS) is 14.0. The van der Waals surface area contributed by atoms with Crippen molar-refractivity contribution < 1.29 is 0 Å². The molecular formula is C62H51N. The first kappa shape index (κ1) is 38.7. The van der Waals surface area contributed by atoms with Gasteiger partial charge in [-0.05, 0) is 120 Å². The lowest BCUT2D eigenvalue weighted by molar-refractivity contribution is 0.590. The molecule has 0 saturated carbocycles. The molecule has 0 aromatic heterocycles. The van der Waals surface area contributed by atoms with Crippen LogP contribution >= 0.6 is 0 Å². The standard InChI is InChI=1S/C62H51N/c1-60(2,3)45-32-29-42(30-33-45)44-31-36-53-54-38-35-49(41-58(54)62(57(53)39-44,46-21-11-7-12-22-46)47-23-13-8-14-24-47)63(59-28-18-16-25-50(59)43-19-9-6-10-20-43)48-34-37-52-51-26-15-17-27-55(51)61(4,5)56(52)40-48/h6-41H,1-5H3. The summed E-state index contributed by atoms with van der Waals surface area (Å²) in [7, 11) is 0. The second-order valence-corrected chi connectivity index (χ2v) is 18.9. The number of fused-ring (bicyclic) bond motifs is 6. The Labute approximate surface area is 373 Å². The molecule has 0 saturated heterocycles. The van der Waals surface area contributed by atoms with Gasteiger partial charge in [-0.3, -0.25) is 0 Å². The highest BCUT2D eigenvalue weighted by atomic mass is 15.1. The SMILES string of the molecule is CC(C)(C)c1ccc(-c2ccc3c(c2)C(c2ccccc2)(c2ccccc2)c2cc(N(c4ccc5c(c4)C(C)(C)c4ccccc4-5)c4ccccc4-c4ccccc4)ccc2-3)cc1. The third-order valence-corrected chi connectivity index (χ3v) is 13.9. The molecule has 0 fully saturated rings. The number of anilines is 3. The van der Waals surface area contributed by atoms with Crippen LogP contribution in [0.1, 0.15) is 73.6 Å². The van der Waals surface area contributed by atoms with E-state index in [0.717, 1.165) is 17.1 Å². The summed E-state index contributed by atoms with van der Waals surface area (Å²) in [4.78, 5) is 2.51. The molecule has 9 aromatic carbocycles. The Morgan fingerprint density at radius 3 is 1.43 bits per heavy atom. The van der Waals surface area contributed by atoms with Gasteiger partial charge in [0.25, 0.3) is 0 Å². The molecule has 0 spiro atoms. The highest BCUT2D eigenvalue weighted by Gasteiger charge is 2.47. The van der Waals surface area contributed by atoms with Crippen LogP contribution in [0, 0.1) is 0 Å². The first-order valence-corrected chi connectivity index (χ1v) is 22.3. The second-order valence-electron chi connectivity index (χ2n) is 18.9. The van der Waals surface area contributed by atoms with Crippen molar-refractivity contribution in [2.24, 2.45) is 0 Å². The van der Waals surface area contributed by atoms with Crippen LogP contribution in [0.4, 0.5) is 17.1 Å². The largest absolute Gasteiger partial charge is 0.310 e. The van der Waals surface area contributed by atoms with Gasteiger partial charge >= 0.3 is 0 Å². The zero-order chi connectivity index (χ0) is 42.9. The van der Waals surface area contributed by atoms with Crippen LogP contribution in [0.15, 0.2) is 218 Å². The molecule has 0 atom stereocenters. The van der Waals surface area contributed by atoms with Gasteiger partial charge in [-0.2, -0.15) is 0 Å². The van der Waals surface area contributed by atoms with Gasteiger partial charge in [0.2, 0.25) is 0 Å². The molecule has 0 amide bonds. The Balaban J connectivity index is 1.17. The Morgan fingerprint density at radius 2 is 0.810 bits per heavy atom. The van der Waals surface area contributed by atoms with Crippen molar-refractivity contribution in [2.75, 3.05) is 4.90 Å².